The summed E-state index contributed by atoms with van der Waals surface area (Å²) < 4.78 is 21.5. The molecule has 0 aliphatic rings. The van der Waals surface area contributed by atoms with Crippen molar-refractivity contribution in [3.8, 4) is 0 Å². The van der Waals surface area contributed by atoms with Crippen LogP contribution in [-0.2, 0) is 22.8 Å². The number of hydrogen-bond acceptors (Lipinski definition) is 8. The van der Waals surface area contributed by atoms with E-state index in [1.165, 1.54) is 6.08 Å². The summed E-state index contributed by atoms with van der Waals surface area (Å²) in [5.41, 5.74) is 0.693. The quantitative estimate of drug-likeness (QED) is 0.163. The maximum atomic E-state index is 12.0. The molecule has 160 valence electrons. The van der Waals surface area contributed by atoms with Crippen molar-refractivity contribution in [2.45, 2.75) is 70.8 Å². The molecular weight excluding hydrogens is 370 g/mol. The molecule has 0 bridgehead atoms. The Morgan fingerprint density at radius 2 is 1.74 bits per heavy atom. The minimum absolute atomic E-state index is 0.264. The third-order valence-electron chi connectivity index (χ3n) is 4.22. The Hall–Kier alpha value is -0.973. The Balaban J connectivity index is 4.34. The zero-order chi connectivity index (χ0) is 20.9. The van der Waals surface area contributed by atoms with Crippen LogP contribution < -0.4 is 5.32 Å². The number of rotatable bonds is 15. The predicted octanol–water partition coefficient (Wildman–Crippen LogP) is 1.59. The molecule has 27 heavy (non-hydrogen) atoms. The Labute approximate surface area is 164 Å². The highest BCUT2D eigenvalue weighted by Crippen LogP contribution is 2.15. The zero-order valence-electron chi connectivity index (χ0n) is 17.5. The minimum Gasteiger partial charge on any atom is -0.459 e. The van der Waals surface area contributed by atoms with Crippen LogP contribution in [-0.4, -0.2) is 71.2 Å². The summed E-state index contributed by atoms with van der Waals surface area (Å²) in [6.07, 6.45) is 1.68. The largest absolute Gasteiger partial charge is 0.500 e. The van der Waals surface area contributed by atoms with Crippen LogP contribution in [0.25, 0.3) is 0 Å². The molecule has 0 aliphatic carbocycles. The van der Waals surface area contributed by atoms with Crippen molar-refractivity contribution in [2.75, 3.05) is 27.9 Å². The van der Waals surface area contributed by atoms with E-state index in [-0.39, 0.29) is 12.5 Å². The topological polar surface area (TPSA) is 106 Å². The van der Waals surface area contributed by atoms with Gasteiger partial charge in [0, 0.05) is 52.1 Å². The number of ether oxygens (including phenoxy) is 1. The molecule has 3 atom stereocenters. The van der Waals surface area contributed by atoms with Crippen LogP contribution in [0.1, 0.15) is 46.5 Å². The second-order valence-corrected chi connectivity index (χ2v) is 9.69. The van der Waals surface area contributed by atoms with E-state index in [4.69, 9.17) is 18.0 Å². The number of carbonyl (C=O) groups is 1. The monoisotopic (exact) mass is 407 g/mol. The maximum Gasteiger partial charge on any atom is 0.500 e. The molecule has 0 aliphatic heterocycles. The van der Waals surface area contributed by atoms with Crippen LogP contribution in [0.15, 0.2) is 11.8 Å². The first kappa shape index (κ1) is 26.0. The van der Waals surface area contributed by atoms with Gasteiger partial charge >= 0.3 is 14.8 Å². The van der Waals surface area contributed by atoms with E-state index in [9.17, 15) is 15.0 Å². The van der Waals surface area contributed by atoms with Crippen LogP contribution in [0, 0.1) is 0 Å². The highest BCUT2D eigenvalue weighted by Gasteiger charge is 2.36. The van der Waals surface area contributed by atoms with Crippen molar-refractivity contribution in [3.63, 3.8) is 0 Å². The molecule has 0 fully saturated rings. The van der Waals surface area contributed by atoms with Gasteiger partial charge in [-0.1, -0.05) is 6.92 Å². The lowest BCUT2D eigenvalue weighted by atomic mass is 10.0. The number of hydrogen-bond donors (Lipinski definition) is 3. The summed E-state index contributed by atoms with van der Waals surface area (Å²) in [6.45, 7) is 5.94. The molecule has 0 spiro atoms. The summed E-state index contributed by atoms with van der Waals surface area (Å²) in [5, 5.41) is 22.3. The number of nitrogens with one attached hydrogen (secondary N) is 1. The number of esters is 1. The third kappa shape index (κ3) is 11.5. The standard InChI is InChI=1S/C18H37NO7Si/c1-7-17(13-16(21)12-15(3)20)26-18(22)11-14(2)19-9-8-10-27(23-4,24-5)25-6/h11,15-17,19-21H,7-10,12-13H2,1-6H3/b14-11-. The summed E-state index contributed by atoms with van der Waals surface area (Å²) in [4.78, 5) is 12.0. The fourth-order valence-electron chi connectivity index (χ4n) is 2.66. The van der Waals surface area contributed by atoms with Gasteiger partial charge in [0.2, 0.25) is 0 Å². The summed E-state index contributed by atoms with van der Waals surface area (Å²) in [6, 6.07) is 0.667. The van der Waals surface area contributed by atoms with E-state index in [1.807, 2.05) is 6.92 Å². The van der Waals surface area contributed by atoms with E-state index in [0.29, 0.717) is 31.1 Å². The third-order valence-corrected chi connectivity index (χ3v) is 7.05. The van der Waals surface area contributed by atoms with Crippen molar-refractivity contribution in [1.82, 2.24) is 5.32 Å². The van der Waals surface area contributed by atoms with Crippen LogP contribution in [0.3, 0.4) is 0 Å². The van der Waals surface area contributed by atoms with E-state index in [2.05, 4.69) is 5.32 Å². The molecule has 0 aromatic carbocycles. The first-order valence-corrected chi connectivity index (χ1v) is 11.3. The lowest BCUT2D eigenvalue weighted by Gasteiger charge is -2.24. The normalized spacial score (nSPS) is 15.9. The fraction of sp³-hybridized carbons (Fsp3) is 0.833. The van der Waals surface area contributed by atoms with Crippen molar-refractivity contribution in [1.29, 1.82) is 0 Å². The Kier molecular flexibility index (Phi) is 13.6. The Morgan fingerprint density at radius 3 is 2.22 bits per heavy atom. The van der Waals surface area contributed by atoms with Gasteiger partial charge in [-0.25, -0.2) is 4.79 Å². The maximum absolute atomic E-state index is 12.0. The zero-order valence-corrected chi connectivity index (χ0v) is 18.5. The predicted molar refractivity (Wildman–Crippen MR) is 105 cm³/mol. The molecule has 3 N–H and O–H groups in total. The van der Waals surface area contributed by atoms with Gasteiger partial charge in [-0.15, -0.1) is 0 Å². The van der Waals surface area contributed by atoms with Crippen molar-refractivity contribution in [2.24, 2.45) is 0 Å². The van der Waals surface area contributed by atoms with E-state index in [1.54, 1.807) is 35.2 Å². The summed E-state index contributed by atoms with van der Waals surface area (Å²) in [5.74, 6) is -0.453. The molecule has 9 heteroatoms. The van der Waals surface area contributed by atoms with Gasteiger partial charge < -0.3 is 33.5 Å². The molecular formula is C18H37NO7Si. The molecule has 0 rings (SSSR count). The van der Waals surface area contributed by atoms with Gasteiger partial charge in [0.25, 0.3) is 0 Å². The molecule has 0 saturated heterocycles. The van der Waals surface area contributed by atoms with Crippen molar-refractivity contribution >= 4 is 14.8 Å². The number of aliphatic hydroxyl groups is 2. The number of allylic oxidation sites excluding steroid dienone is 1. The van der Waals surface area contributed by atoms with Gasteiger partial charge in [0.15, 0.2) is 0 Å². The average Bonchev–Trinajstić information content (AvgIpc) is 2.61. The van der Waals surface area contributed by atoms with Crippen molar-refractivity contribution < 1.29 is 33.0 Å². The first-order chi connectivity index (χ1) is 12.7. The van der Waals surface area contributed by atoms with Crippen LogP contribution in [0.2, 0.25) is 6.04 Å². The SMILES string of the molecule is CCC(CC(O)CC(C)O)OC(=O)/C=C(/C)NCCC[Si](OC)(OC)OC. The second-order valence-electron chi connectivity index (χ2n) is 6.59. The lowest BCUT2D eigenvalue weighted by Crippen LogP contribution is -2.43. The highest BCUT2D eigenvalue weighted by molar-refractivity contribution is 6.60. The number of carbonyl (C=O) groups excluding carboxylic acids is 1. The van der Waals surface area contributed by atoms with Gasteiger partial charge in [-0.3, -0.25) is 0 Å². The lowest BCUT2D eigenvalue weighted by molar-refractivity contribution is -0.144. The van der Waals surface area contributed by atoms with E-state index in [0.717, 1.165) is 6.42 Å². The molecule has 8 nitrogen and oxygen atoms in total. The second kappa shape index (κ2) is 14.1. The molecule has 0 radical (unpaired) electrons. The van der Waals surface area contributed by atoms with Crippen LogP contribution in [0.5, 0.6) is 0 Å². The van der Waals surface area contributed by atoms with Crippen LogP contribution >= 0.6 is 0 Å². The van der Waals surface area contributed by atoms with E-state index < -0.39 is 27.0 Å². The van der Waals surface area contributed by atoms with Gasteiger partial charge in [0.1, 0.15) is 6.10 Å². The molecule has 3 unspecified atom stereocenters. The highest BCUT2D eigenvalue weighted by atomic mass is 28.4. The van der Waals surface area contributed by atoms with E-state index >= 15 is 0 Å². The number of aliphatic hydroxyl groups excluding tert-OH is 2. The fourth-order valence-corrected chi connectivity index (χ4v) is 4.39. The Morgan fingerprint density at radius 1 is 1.15 bits per heavy atom. The average molecular weight is 408 g/mol. The molecule has 0 aromatic heterocycles. The van der Waals surface area contributed by atoms with Crippen molar-refractivity contribution in [3.05, 3.63) is 11.8 Å². The van der Waals surface area contributed by atoms with Gasteiger partial charge in [-0.2, -0.15) is 0 Å². The summed E-state index contributed by atoms with van der Waals surface area (Å²) in [7, 11) is 2.17. The molecule has 0 aromatic rings. The van der Waals surface area contributed by atoms with Gasteiger partial charge in [0.05, 0.1) is 12.2 Å². The smallest absolute Gasteiger partial charge is 0.459 e. The molecule has 0 heterocycles. The molecule has 0 saturated carbocycles. The van der Waals surface area contributed by atoms with Gasteiger partial charge in [-0.05, 0) is 33.1 Å². The molecule has 0 amide bonds. The van der Waals surface area contributed by atoms with Crippen LogP contribution in [0.4, 0.5) is 0 Å². The first-order valence-electron chi connectivity index (χ1n) is 9.36. The summed E-state index contributed by atoms with van der Waals surface area (Å²) >= 11 is 0. The Bertz CT molecular complexity index is 433. The minimum atomic E-state index is -2.57.